The molecule has 1 aliphatic rings. The summed E-state index contributed by atoms with van der Waals surface area (Å²) in [5.41, 5.74) is 2.03. The van der Waals surface area contributed by atoms with Crippen LogP contribution in [0.3, 0.4) is 0 Å². The number of alkyl halides is 3. The van der Waals surface area contributed by atoms with E-state index >= 15 is 0 Å². The number of carbonyl (C=O) groups excluding carboxylic acids is 1. The third-order valence-electron chi connectivity index (χ3n) is 4.61. The van der Waals surface area contributed by atoms with Gasteiger partial charge in [0.15, 0.2) is 0 Å². The Morgan fingerprint density at radius 3 is 2.76 bits per heavy atom. The summed E-state index contributed by atoms with van der Waals surface area (Å²) in [7, 11) is 1.69. The molecule has 0 N–H and O–H groups in total. The number of anilines is 1. The Morgan fingerprint density at radius 1 is 1.20 bits per heavy atom. The first-order valence-electron chi connectivity index (χ1n) is 7.77. The summed E-state index contributed by atoms with van der Waals surface area (Å²) in [6.45, 7) is 0.537. The van der Waals surface area contributed by atoms with Gasteiger partial charge < -0.3 is 9.47 Å². The van der Waals surface area contributed by atoms with Crippen LogP contribution in [0.2, 0.25) is 0 Å². The molecule has 0 atom stereocenters. The molecule has 0 spiro atoms. The van der Waals surface area contributed by atoms with E-state index in [1.54, 1.807) is 35.0 Å². The van der Waals surface area contributed by atoms with Crippen molar-refractivity contribution in [3.63, 3.8) is 0 Å². The predicted molar refractivity (Wildman–Crippen MR) is 87.5 cm³/mol. The molecule has 25 heavy (non-hydrogen) atoms. The van der Waals surface area contributed by atoms with E-state index in [1.807, 2.05) is 0 Å². The fourth-order valence-electron chi connectivity index (χ4n) is 3.31. The van der Waals surface area contributed by atoms with E-state index in [1.165, 1.54) is 12.1 Å². The number of aryl methyl sites for hydroxylation is 1. The summed E-state index contributed by atoms with van der Waals surface area (Å²) in [5, 5.41) is 0.398. The number of nitrogens with zero attached hydrogens (tertiary/aromatic N) is 3. The second-order valence-corrected chi connectivity index (χ2v) is 6.07. The summed E-state index contributed by atoms with van der Waals surface area (Å²) in [4.78, 5) is 18.7. The van der Waals surface area contributed by atoms with Crippen molar-refractivity contribution in [1.82, 2.24) is 9.55 Å². The van der Waals surface area contributed by atoms with Gasteiger partial charge in [0.1, 0.15) is 5.69 Å². The molecule has 1 amide bonds. The molecule has 128 valence electrons. The van der Waals surface area contributed by atoms with Crippen molar-refractivity contribution < 1.29 is 18.0 Å². The standard InChI is InChI=1S/C18H14F3N3O/c1-23-14-3-2-13(18(19,20)21)8-12(14)9-16(23)17(25)24-7-5-11-10-22-6-4-15(11)24/h2-4,6,8-10H,5,7H2,1H3. The summed E-state index contributed by atoms with van der Waals surface area (Å²) >= 11 is 0. The average Bonchev–Trinajstić information content (AvgIpc) is 3.15. The van der Waals surface area contributed by atoms with Crippen molar-refractivity contribution in [2.45, 2.75) is 12.6 Å². The smallest absolute Gasteiger partial charge is 0.340 e. The topological polar surface area (TPSA) is 38.1 Å². The Bertz CT molecular complexity index is 991. The quantitative estimate of drug-likeness (QED) is 0.673. The van der Waals surface area contributed by atoms with Gasteiger partial charge in [-0.1, -0.05) is 0 Å². The molecule has 0 unspecified atom stereocenters. The highest BCUT2D eigenvalue weighted by atomic mass is 19.4. The van der Waals surface area contributed by atoms with Crippen LogP contribution in [0.25, 0.3) is 10.9 Å². The molecule has 0 saturated heterocycles. The van der Waals surface area contributed by atoms with Gasteiger partial charge in [-0.2, -0.15) is 13.2 Å². The maximum absolute atomic E-state index is 12.9. The number of halogens is 3. The van der Waals surface area contributed by atoms with E-state index < -0.39 is 11.7 Å². The van der Waals surface area contributed by atoms with Gasteiger partial charge in [0.25, 0.3) is 5.91 Å². The SMILES string of the molecule is Cn1c(C(=O)N2CCc3cnccc32)cc2cc(C(F)(F)F)ccc21. The fourth-order valence-corrected chi connectivity index (χ4v) is 3.31. The van der Waals surface area contributed by atoms with E-state index in [2.05, 4.69) is 4.98 Å². The summed E-state index contributed by atoms with van der Waals surface area (Å²) in [5.74, 6) is -0.225. The van der Waals surface area contributed by atoms with E-state index in [9.17, 15) is 18.0 Å². The minimum Gasteiger partial charge on any atom is -0.340 e. The molecule has 4 rings (SSSR count). The zero-order chi connectivity index (χ0) is 17.8. The van der Waals surface area contributed by atoms with E-state index in [-0.39, 0.29) is 5.91 Å². The summed E-state index contributed by atoms with van der Waals surface area (Å²) in [6, 6.07) is 6.81. The van der Waals surface area contributed by atoms with Crippen LogP contribution in [-0.4, -0.2) is 22.0 Å². The van der Waals surface area contributed by atoms with Crippen LogP contribution < -0.4 is 4.90 Å². The molecular weight excluding hydrogens is 331 g/mol. The molecule has 7 heteroatoms. The van der Waals surface area contributed by atoms with Gasteiger partial charge in [-0.3, -0.25) is 9.78 Å². The number of hydrogen-bond donors (Lipinski definition) is 0. The molecule has 0 fully saturated rings. The Morgan fingerprint density at radius 2 is 2.00 bits per heavy atom. The van der Waals surface area contributed by atoms with Crippen LogP contribution in [0.4, 0.5) is 18.9 Å². The van der Waals surface area contributed by atoms with Crippen molar-refractivity contribution in [2.75, 3.05) is 11.4 Å². The van der Waals surface area contributed by atoms with Crippen molar-refractivity contribution >= 4 is 22.5 Å². The molecule has 0 bridgehead atoms. The first kappa shape index (κ1) is 15.7. The van der Waals surface area contributed by atoms with E-state index in [0.717, 1.165) is 29.8 Å². The molecule has 2 aromatic heterocycles. The predicted octanol–water partition coefficient (Wildman–Crippen LogP) is 3.80. The molecular formula is C18H14F3N3O. The third-order valence-corrected chi connectivity index (χ3v) is 4.61. The number of fused-ring (bicyclic) bond motifs is 2. The lowest BCUT2D eigenvalue weighted by molar-refractivity contribution is -0.137. The summed E-state index contributed by atoms with van der Waals surface area (Å²) < 4.78 is 40.4. The van der Waals surface area contributed by atoms with Crippen molar-refractivity contribution in [2.24, 2.45) is 7.05 Å². The van der Waals surface area contributed by atoms with Gasteiger partial charge in [0.2, 0.25) is 0 Å². The molecule has 0 radical (unpaired) electrons. The van der Waals surface area contributed by atoms with E-state index in [4.69, 9.17) is 0 Å². The number of pyridine rings is 1. The first-order valence-corrected chi connectivity index (χ1v) is 7.77. The number of amides is 1. The first-order chi connectivity index (χ1) is 11.9. The summed E-state index contributed by atoms with van der Waals surface area (Å²) in [6.07, 6.45) is -0.326. The highest BCUT2D eigenvalue weighted by molar-refractivity contribution is 6.09. The zero-order valence-corrected chi connectivity index (χ0v) is 13.3. The average molecular weight is 345 g/mol. The van der Waals surface area contributed by atoms with Crippen LogP contribution in [0.1, 0.15) is 21.6 Å². The maximum atomic E-state index is 12.9. The van der Waals surface area contributed by atoms with Crippen molar-refractivity contribution in [1.29, 1.82) is 0 Å². The number of carbonyl (C=O) groups is 1. The number of benzene rings is 1. The van der Waals surface area contributed by atoms with E-state index in [0.29, 0.717) is 23.1 Å². The van der Waals surface area contributed by atoms with Crippen molar-refractivity contribution in [3.05, 3.63) is 59.5 Å². The van der Waals surface area contributed by atoms with Crippen LogP contribution in [0.5, 0.6) is 0 Å². The Hall–Kier alpha value is -2.83. The molecule has 0 aliphatic carbocycles. The van der Waals surface area contributed by atoms with Crippen molar-refractivity contribution in [3.8, 4) is 0 Å². The monoisotopic (exact) mass is 345 g/mol. The maximum Gasteiger partial charge on any atom is 0.416 e. The lowest BCUT2D eigenvalue weighted by Gasteiger charge is -2.17. The molecule has 1 aliphatic heterocycles. The Balaban J connectivity index is 1.77. The zero-order valence-electron chi connectivity index (χ0n) is 13.3. The van der Waals surface area contributed by atoms with Gasteiger partial charge in [0.05, 0.1) is 11.3 Å². The largest absolute Gasteiger partial charge is 0.416 e. The molecule has 1 aromatic carbocycles. The van der Waals surface area contributed by atoms with Crippen LogP contribution >= 0.6 is 0 Å². The van der Waals surface area contributed by atoms with Gasteiger partial charge in [0, 0.05) is 36.9 Å². The molecule has 3 aromatic rings. The van der Waals surface area contributed by atoms with Gasteiger partial charge in [-0.15, -0.1) is 0 Å². The van der Waals surface area contributed by atoms with Crippen LogP contribution in [-0.2, 0) is 19.6 Å². The van der Waals surface area contributed by atoms with Gasteiger partial charge >= 0.3 is 6.18 Å². The lowest BCUT2D eigenvalue weighted by Crippen LogP contribution is -2.30. The number of rotatable bonds is 1. The number of hydrogen-bond acceptors (Lipinski definition) is 2. The third kappa shape index (κ3) is 2.47. The highest BCUT2D eigenvalue weighted by Crippen LogP contribution is 2.33. The minimum atomic E-state index is -4.41. The molecule has 3 heterocycles. The van der Waals surface area contributed by atoms with Gasteiger partial charge in [-0.05, 0) is 42.3 Å². The normalized spacial score (nSPS) is 14.2. The molecule has 4 nitrogen and oxygen atoms in total. The number of aromatic nitrogens is 2. The Labute approximate surface area is 141 Å². The second-order valence-electron chi connectivity index (χ2n) is 6.07. The molecule has 0 saturated carbocycles. The minimum absolute atomic E-state index is 0.225. The second kappa shape index (κ2) is 5.34. The Kier molecular flexibility index (Phi) is 3.35. The lowest BCUT2D eigenvalue weighted by atomic mass is 10.1. The van der Waals surface area contributed by atoms with Crippen LogP contribution in [0.15, 0.2) is 42.7 Å². The van der Waals surface area contributed by atoms with Gasteiger partial charge in [-0.25, -0.2) is 0 Å². The van der Waals surface area contributed by atoms with Crippen LogP contribution in [0, 0.1) is 0 Å². The fraction of sp³-hybridized carbons (Fsp3) is 0.222. The highest BCUT2D eigenvalue weighted by Gasteiger charge is 2.32.